The number of H-pyrrole nitrogens is 1. The number of nitrogens with one attached hydrogen (secondary N) is 1. The lowest BCUT2D eigenvalue weighted by Crippen LogP contribution is -1.92. The van der Waals surface area contributed by atoms with Crippen molar-refractivity contribution in [1.82, 2.24) is 10.2 Å². The number of furan rings is 1. The second-order valence-corrected chi connectivity index (χ2v) is 6.23. The minimum absolute atomic E-state index is 0.188. The third kappa shape index (κ3) is 3.04. The molecule has 0 aliphatic carbocycles. The number of aromatic amines is 1. The second kappa shape index (κ2) is 6.35. The molecule has 4 rings (SSSR count). The van der Waals surface area contributed by atoms with Crippen LogP contribution >= 0.6 is 11.6 Å². The maximum atomic E-state index is 14.0. The van der Waals surface area contributed by atoms with E-state index in [1.54, 1.807) is 18.2 Å². The molecular weight excluding hydrogens is 343 g/mol. The van der Waals surface area contributed by atoms with Crippen LogP contribution in [0.3, 0.4) is 0 Å². The summed E-state index contributed by atoms with van der Waals surface area (Å²) in [5, 5.41) is 17.8. The van der Waals surface area contributed by atoms with Gasteiger partial charge in [0.1, 0.15) is 23.9 Å². The molecule has 0 fully saturated rings. The zero-order valence-corrected chi connectivity index (χ0v) is 13.8. The summed E-state index contributed by atoms with van der Waals surface area (Å²) in [4.78, 5) is 0. The first-order chi connectivity index (χ1) is 12.1. The first-order valence-electron chi connectivity index (χ1n) is 7.75. The van der Waals surface area contributed by atoms with Crippen LogP contribution in [0, 0.1) is 5.82 Å². The van der Waals surface area contributed by atoms with Gasteiger partial charge in [-0.2, -0.15) is 5.10 Å². The number of halogens is 2. The van der Waals surface area contributed by atoms with Crippen LogP contribution in [0.15, 0.2) is 52.9 Å². The van der Waals surface area contributed by atoms with Gasteiger partial charge < -0.3 is 9.52 Å². The van der Waals surface area contributed by atoms with E-state index in [0.29, 0.717) is 34.2 Å². The lowest BCUT2D eigenvalue weighted by Gasteiger charge is -2.06. The minimum atomic E-state index is -0.338. The molecule has 6 heteroatoms. The number of hydrogen-bond donors (Lipinski definition) is 2. The van der Waals surface area contributed by atoms with Gasteiger partial charge in [-0.05, 0) is 53.9 Å². The lowest BCUT2D eigenvalue weighted by atomic mass is 9.99. The number of benzene rings is 2. The fourth-order valence-electron chi connectivity index (χ4n) is 2.98. The summed E-state index contributed by atoms with van der Waals surface area (Å²) in [7, 11) is 0. The fraction of sp³-hybridized carbons (Fsp3) is 0.105. The van der Waals surface area contributed by atoms with Crippen molar-refractivity contribution in [2.24, 2.45) is 0 Å². The van der Waals surface area contributed by atoms with E-state index in [4.69, 9.17) is 16.0 Å². The third-order valence-electron chi connectivity index (χ3n) is 4.04. The molecular formula is C19H14ClFN2O2. The van der Waals surface area contributed by atoms with E-state index in [2.05, 4.69) is 10.2 Å². The van der Waals surface area contributed by atoms with Crippen molar-refractivity contribution in [2.45, 2.75) is 13.0 Å². The molecule has 25 heavy (non-hydrogen) atoms. The molecule has 2 aromatic heterocycles. The van der Waals surface area contributed by atoms with Gasteiger partial charge in [0.2, 0.25) is 0 Å². The highest BCUT2D eigenvalue weighted by Crippen LogP contribution is 2.32. The summed E-state index contributed by atoms with van der Waals surface area (Å²) in [5.74, 6) is 0.633. The number of aromatic nitrogens is 2. The molecule has 4 aromatic rings. The van der Waals surface area contributed by atoms with Gasteiger partial charge in [0.15, 0.2) is 5.76 Å². The molecule has 0 saturated heterocycles. The Morgan fingerprint density at radius 1 is 1.16 bits per heavy atom. The molecule has 4 nitrogen and oxygen atoms in total. The first-order valence-corrected chi connectivity index (χ1v) is 8.13. The van der Waals surface area contributed by atoms with Crippen LogP contribution < -0.4 is 0 Å². The number of aliphatic hydroxyl groups excluding tert-OH is 1. The Bertz CT molecular complexity index is 1050. The molecule has 0 bridgehead atoms. The summed E-state index contributed by atoms with van der Waals surface area (Å²) in [6.07, 6.45) is 0.509. The Labute approximate surface area is 147 Å². The van der Waals surface area contributed by atoms with Crippen molar-refractivity contribution >= 4 is 22.5 Å². The van der Waals surface area contributed by atoms with E-state index in [1.807, 2.05) is 18.2 Å². The van der Waals surface area contributed by atoms with Crippen LogP contribution in [0.25, 0.3) is 22.4 Å². The molecule has 0 aliphatic heterocycles. The highest BCUT2D eigenvalue weighted by atomic mass is 35.5. The van der Waals surface area contributed by atoms with Crippen LogP contribution in [0.5, 0.6) is 0 Å². The van der Waals surface area contributed by atoms with Crippen molar-refractivity contribution in [3.8, 4) is 11.5 Å². The van der Waals surface area contributed by atoms with Gasteiger partial charge in [0, 0.05) is 10.4 Å². The molecule has 126 valence electrons. The molecule has 2 aromatic carbocycles. The average Bonchev–Trinajstić information content (AvgIpc) is 3.20. The average molecular weight is 357 g/mol. The maximum absolute atomic E-state index is 14.0. The Hall–Kier alpha value is -2.63. The van der Waals surface area contributed by atoms with Gasteiger partial charge in [-0.15, -0.1) is 0 Å². The summed E-state index contributed by atoms with van der Waals surface area (Å²) >= 11 is 6.05. The van der Waals surface area contributed by atoms with Crippen molar-refractivity contribution in [1.29, 1.82) is 0 Å². The highest BCUT2D eigenvalue weighted by Gasteiger charge is 2.17. The number of rotatable bonds is 4. The summed E-state index contributed by atoms with van der Waals surface area (Å²) in [6.45, 7) is -0.188. The predicted molar refractivity (Wildman–Crippen MR) is 93.9 cm³/mol. The Morgan fingerprint density at radius 2 is 2.04 bits per heavy atom. The molecule has 0 atom stereocenters. The van der Waals surface area contributed by atoms with Crippen LogP contribution in [0.1, 0.15) is 16.9 Å². The number of fused-ring (bicyclic) bond motifs is 1. The van der Waals surface area contributed by atoms with Gasteiger partial charge in [-0.3, -0.25) is 5.10 Å². The van der Waals surface area contributed by atoms with E-state index in [-0.39, 0.29) is 12.4 Å². The van der Waals surface area contributed by atoms with Gasteiger partial charge in [0.25, 0.3) is 0 Å². The quantitative estimate of drug-likeness (QED) is 0.557. The van der Waals surface area contributed by atoms with Gasteiger partial charge in [0.05, 0.1) is 5.52 Å². The molecule has 0 aliphatic rings. The summed E-state index contributed by atoms with van der Waals surface area (Å²) in [6, 6.07) is 13.8. The Balaban J connectivity index is 1.86. The van der Waals surface area contributed by atoms with Crippen molar-refractivity contribution in [3.05, 3.63) is 76.3 Å². The highest BCUT2D eigenvalue weighted by molar-refractivity contribution is 6.30. The second-order valence-electron chi connectivity index (χ2n) is 5.79. The van der Waals surface area contributed by atoms with Crippen LogP contribution in [-0.4, -0.2) is 15.3 Å². The van der Waals surface area contributed by atoms with E-state index in [1.165, 1.54) is 12.1 Å². The van der Waals surface area contributed by atoms with Crippen molar-refractivity contribution in [2.75, 3.05) is 0 Å². The Kier molecular flexibility index (Phi) is 4.03. The Morgan fingerprint density at radius 3 is 2.80 bits per heavy atom. The molecule has 0 unspecified atom stereocenters. The smallest absolute Gasteiger partial charge is 0.155 e. The number of aliphatic hydroxyl groups is 1. The van der Waals surface area contributed by atoms with Crippen molar-refractivity contribution in [3.63, 3.8) is 0 Å². The predicted octanol–water partition coefficient (Wildman–Crippen LogP) is 4.70. The van der Waals surface area contributed by atoms with E-state index < -0.39 is 0 Å². The molecule has 0 spiro atoms. The molecule has 2 N–H and O–H groups in total. The lowest BCUT2D eigenvalue weighted by molar-refractivity contribution is 0.248. The topological polar surface area (TPSA) is 62.1 Å². The zero-order valence-electron chi connectivity index (χ0n) is 13.1. The largest absolute Gasteiger partial charge is 0.457 e. The monoisotopic (exact) mass is 356 g/mol. The van der Waals surface area contributed by atoms with E-state index in [0.717, 1.165) is 16.5 Å². The standard InChI is InChI=1S/C19H14ClFN2O2/c20-13-3-1-2-11(7-13)6-12-8-14(21)9-16-18(12)19(23-22-16)17-5-4-15(10-24)25-17/h1-5,7-9,24H,6,10H2,(H,22,23). The first kappa shape index (κ1) is 15.9. The van der Waals surface area contributed by atoms with Gasteiger partial charge in [-0.1, -0.05) is 23.7 Å². The molecule has 2 heterocycles. The number of nitrogens with zero attached hydrogens (tertiary/aromatic N) is 1. The normalized spacial score (nSPS) is 11.3. The van der Waals surface area contributed by atoms with Crippen LogP contribution in [-0.2, 0) is 13.0 Å². The van der Waals surface area contributed by atoms with Gasteiger partial charge >= 0.3 is 0 Å². The number of hydrogen-bond acceptors (Lipinski definition) is 3. The minimum Gasteiger partial charge on any atom is -0.457 e. The van der Waals surface area contributed by atoms with Crippen molar-refractivity contribution < 1.29 is 13.9 Å². The molecule has 0 radical (unpaired) electrons. The summed E-state index contributed by atoms with van der Waals surface area (Å²) in [5.41, 5.74) is 2.94. The van der Waals surface area contributed by atoms with E-state index >= 15 is 0 Å². The van der Waals surface area contributed by atoms with E-state index in [9.17, 15) is 9.50 Å². The summed E-state index contributed by atoms with van der Waals surface area (Å²) < 4.78 is 19.6. The maximum Gasteiger partial charge on any atom is 0.155 e. The van der Waals surface area contributed by atoms with Crippen LogP contribution in [0.2, 0.25) is 5.02 Å². The van der Waals surface area contributed by atoms with Crippen LogP contribution in [0.4, 0.5) is 4.39 Å². The molecule has 0 saturated carbocycles. The zero-order chi connectivity index (χ0) is 17.4. The molecule has 0 amide bonds. The van der Waals surface area contributed by atoms with Gasteiger partial charge in [-0.25, -0.2) is 4.39 Å². The SMILES string of the molecule is OCc1ccc(-c2n[nH]c3cc(F)cc(Cc4cccc(Cl)c4)c23)o1. The third-order valence-corrected chi connectivity index (χ3v) is 4.28. The fourth-order valence-corrected chi connectivity index (χ4v) is 3.19.